The summed E-state index contributed by atoms with van der Waals surface area (Å²) in [5.41, 5.74) is -0.573. The van der Waals surface area contributed by atoms with Gasteiger partial charge in [0.1, 0.15) is 11.4 Å². The van der Waals surface area contributed by atoms with Gasteiger partial charge in [0.15, 0.2) is 0 Å². The van der Waals surface area contributed by atoms with E-state index in [-0.39, 0.29) is 6.04 Å². The first-order valence-electron chi connectivity index (χ1n) is 6.55. The molecule has 1 fully saturated rings. The molecule has 1 unspecified atom stereocenters. The zero-order chi connectivity index (χ0) is 15.5. The molecule has 1 aliphatic rings. The van der Waals surface area contributed by atoms with Crippen molar-refractivity contribution in [2.75, 3.05) is 20.2 Å². The number of halogens is 1. The molecular formula is C13H17FN2O4S. The Morgan fingerprint density at radius 3 is 2.86 bits per heavy atom. The number of carbonyl (C=O) groups excluding carboxylic acids is 1. The van der Waals surface area contributed by atoms with Crippen LogP contribution in [-0.4, -0.2) is 40.6 Å². The fourth-order valence-corrected chi connectivity index (χ4v) is 3.74. The van der Waals surface area contributed by atoms with Crippen molar-refractivity contribution in [3.8, 4) is 0 Å². The molecule has 1 heterocycles. The van der Waals surface area contributed by atoms with Crippen LogP contribution in [0.15, 0.2) is 23.1 Å². The highest BCUT2D eigenvalue weighted by atomic mass is 32.2. The predicted molar refractivity (Wildman–Crippen MR) is 74.0 cm³/mol. The van der Waals surface area contributed by atoms with Crippen molar-refractivity contribution >= 4 is 16.0 Å². The van der Waals surface area contributed by atoms with Gasteiger partial charge in [-0.25, -0.2) is 22.3 Å². The lowest BCUT2D eigenvalue weighted by Crippen LogP contribution is -2.45. The average molecular weight is 316 g/mol. The first-order chi connectivity index (χ1) is 9.95. The Labute approximate surface area is 122 Å². The minimum Gasteiger partial charge on any atom is -0.465 e. The van der Waals surface area contributed by atoms with Gasteiger partial charge >= 0.3 is 5.97 Å². The van der Waals surface area contributed by atoms with E-state index in [0.717, 1.165) is 26.1 Å². The van der Waals surface area contributed by atoms with E-state index >= 15 is 0 Å². The second-order valence-corrected chi connectivity index (χ2v) is 6.45. The highest BCUT2D eigenvalue weighted by Crippen LogP contribution is 2.20. The van der Waals surface area contributed by atoms with Crippen LogP contribution in [0.4, 0.5) is 4.39 Å². The monoisotopic (exact) mass is 316 g/mol. The maximum Gasteiger partial charge on any atom is 0.342 e. The lowest BCUT2D eigenvalue weighted by molar-refractivity contribution is 0.0590. The topological polar surface area (TPSA) is 84.5 Å². The molecule has 1 saturated heterocycles. The van der Waals surface area contributed by atoms with Crippen molar-refractivity contribution in [3.63, 3.8) is 0 Å². The summed E-state index contributed by atoms with van der Waals surface area (Å²) in [6, 6.07) is 3.18. The third-order valence-corrected chi connectivity index (χ3v) is 4.84. The van der Waals surface area contributed by atoms with E-state index in [2.05, 4.69) is 14.8 Å². The van der Waals surface area contributed by atoms with E-state index in [9.17, 15) is 17.6 Å². The molecule has 116 valence electrons. The fourth-order valence-electron chi connectivity index (χ4n) is 2.26. The number of hydrogen-bond donors (Lipinski definition) is 2. The Bertz CT molecular complexity index is 627. The number of sulfonamides is 1. The number of rotatable bonds is 4. The molecule has 0 spiro atoms. The SMILES string of the molecule is COC(=O)c1c(F)cccc1S(=O)(=O)NC1CCCNC1. The second kappa shape index (κ2) is 6.50. The molecule has 8 heteroatoms. The Kier molecular flexibility index (Phi) is 4.92. The third-order valence-electron chi connectivity index (χ3n) is 3.27. The Balaban J connectivity index is 2.35. The second-order valence-electron chi connectivity index (χ2n) is 4.77. The van der Waals surface area contributed by atoms with Gasteiger partial charge in [-0.05, 0) is 31.5 Å². The van der Waals surface area contributed by atoms with Crippen LogP contribution in [0, 0.1) is 5.82 Å². The van der Waals surface area contributed by atoms with Gasteiger partial charge in [0.05, 0.1) is 12.0 Å². The van der Waals surface area contributed by atoms with Crippen LogP contribution >= 0.6 is 0 Å². The Hall–Kier alpha value is -1.51. The van der Waals surface area contributed by atoms with E-state index in [1.54, 1.807) is 0 Å². The van der Waals surface area contributed by atoms with Crippen LogP contribution in [0.1, 0.15) is 23.2 Å². The van der Waals surface area contributed by atoms with E-state index in [4.69, 9.17) is 0 Å². The minimum atomic E-state index is -4.00. The van der Waals surface area contributed by atoms with E-state index in [1.165, 1.54) is 12.1 Å². The number of benzene rings is 1. The van der Waals surface area contributed by atoms with Gasteiger partial charge in [0.25, 0.3) is 0 Å². The summed E-state index contributed by atoms with van der Waals surface area (Å²) in [6.07, 6.45) is 1.54. The number of piperidine rings is 1. The molecule has 1 aromatic rings. The van der Waals surface area contributed by atoms with Crippen molar-refractivity contribution < 1.29 is 22.3 Å². The van der Waals surface area contributed by atoms with Crippen LogP contribution in [0.25, 0.3) is 0 Å². The average Bonchev–Trinajstić information content (AvgIpc) is 2.47. The number of esters is 1. The summed E-state index contributed by atoms with van der Waals surface area (Å²) in [7, 11) is -2.93. The zero-order valence-electron chi connectivity index (χ0n) is 11.6. The van der Waals surface area contributed by atoms with Crippen LogP contribution < -0.4 is 10.0 Å². The smallest absolute Gasteiger partial charge is 0.342 e. The van der Waals surface area contributed by atoms with Crippen LogP contribution in [0.3, 0.4) is 0 Å². The van der Waals surface area contributed by atoms with Gasteiger partial charge in [-0.15, -0.1) is 0 Å². The molecule has 21 heavy (non-hydrogen) atoms. The number of ether oxygens (including phenoxy) is 1. The molecule has 1 aromatic carbocycles. The molecule has 0 saturated carbocycles. The van der Waals surface area contributed by atoms with Crippen LogP contribution in [0.5, 0.6) is 0 Å². The molecule has 0 radical (unpaired) electrons. The highest BCUT2D eigenvalue weighted by molar-refractivity contribution is 7.89. The van der Waals surface area contributed by atoms with Gasteiger partial charge < -0.3 is 10.1 Å². The summed E-state index contributed by atoms with van der Waals surface area (Å²) in [6.45, 7) is 1.34. The molecule has 0 bridgehead atoms. The highest BCUT2D eigenvalue weighted by Gasteiger charge is 2.28. The maximum atomic E-state index is 13.8. The molecule has 0 amide bonds. The van der Waals surface area contributed by atoms with Gasteiger partial charge in [-0.1, -0.05) is 6.07 Å². The van der Waals surface area contributed by atoms with Crippen LogP contribution in [0.2, 0.25) is 0 Å². The van der Waals surface area contributed by atoms with Crippen molar-refractivity contribution in [1.29, 1.82) is 0 Å². The number of nitrogens with one attached hydrogen (secondary N) is 2. The first-order valence-corrected chi connectivity index (χ1v) is 8.04. The number of carbonyl (C=O) groups is 1. The largest absolute Gasteiger partial charge is 0.465 e. The lowest BCUT2D eigenvalue weighted by atomic mass is 10.1. The lowest BCUT2D eigenvalue weighted by Gasteiger charge is -2.24. The van der Waals surface area contributed by atoms with Gasteiger partial charge in [0, 0.05) is 12.6 Å². The molecule has 1 atom stereocenters. The van der Waals surface area contributed by atoms with Crippen molar-refractivity contribution in [2.45, 2.75) is 23.8 Å². The maximum absolute atomic E-state index is 13.8. The molecular weight excluding hydrogens is 299 g/mol. The third kappa shape index (κ3) is 3.58. The van der Waals surface area contributed by atoms with Crippen LogP contribution in [-0.2, 0) is 14.8 Å². The zero-order valence-corrected chi connectivity index (χ0v) is 12.4. The summed E-state index contributed by atoms with van der Waals surface area (Å²) in [5, 5.41) is 3.08. The van der Waals surface area contributed by atoms with Crippen molar-refractivity contribution in [2.24, 2.45) is 0 Å². The minimum absolute atomic E-state index is 0.280. The molecule has 0 aromatic heterocycles. The number of hydrogen-bond acceptors (Lipinski definition) is 5. The summed E-state index contributed by atoms with van der Waals surface area (Å²) in [5.74, 6) is -1.94. The van der Waals surface area contributed by atoms with Gasteiger partial charge in [-0.3, -0.25) is 0 Å². The van der Waals surface area contributed by atoms with Gasteiger partial charge in [-0.2, -0.15) is 0 Å². The quantitative estimate of drug-likeness (QED) is 0.797. The summed E-state index contributed by atoms with van der Waals surface area (Å²) >= 11 is 0. The van der Waals surface area contributed by atoms with E-state index in [0.29, 0.717) is 13.0 Å². The Morgan fingerprint density at radius 1 is 1.48 bits per heavy atom. The summed E-state index contributed by atoms with van der Waals surface area (Å²) in [4.78, 5) is 11.2. The van der Waals surface area contributed by atoms with Crippen molar-refractivity contribution in [3.05, 3.63) is 29.6 Å². The predicted octanol–water partition coefficient (Wildman–Crippen LogP) is 0.643. The number of methoxy groups -OCH3 is 1. The molecule has 2 rings (SSSR count). The first kappa shape index (κ1) is 15.9. The van der Waals surface area contributed by atoms with E-state index in [1.807, 2.05) is 0 Å². The van der Waals surface area contributed by atoms with E-state index < -0.39 is 32.3 Å². The summed E-state index contributed by atoms with van der Waals surface area (Å²) < 4.78 is 45.5. The molecule has 6 nitrogen and oxygen atoms in total. The van der Waals surface area contributed by atoms with Gasteiger partial charge in [0.2, 0.25) is 10.0 Å². The normalized spacial score (nSPS) is 19.2. The standard InChI is InChI=1S/C13H17FN2O4S/c1-20-13(17)12-10(14)5-2-6-11(12)21(18,19)16-9-4-3-7-15-8-9/h2,5-6,9,15-16H,3-4,7-8H2,1H3. The Morgan fingerprint density at radius 2 is 2.24 bits per heavy atom. The molecule has 0 aliphatic carbocycles. The fraction of sp³-hybridized carbons (Fsp3) is 0.462. The molecule has 2 N–H and O–H groups in total. The van der Waals surface area contributed by atoms with Crippen molar-refractivity contribution in [1.82, 2.24) is 10.0 Å². The molecule has 1 aliphatic heterocycles.